The van der Waals surface area contributed by atoms with Gasteiger partial charge in [0.15, 0.2) is 0 Å². The first-order valence-electron chi connectivity index (χ1n) is 5.50. The molecule has 1 heterocycles. The fraction of sp³-hybridized carbons (Fsp3) is 0.273. The van der Waals surface area contributed by atoms with E-state index >= 15 is 0 Å². The Morgan fingerprint density at radius 1 is 1.37 bits per heavy atom. The SMILES string of the molecule is O=C(O)c1ccc(OC[C@@H](O)Cn2cnnn2)cc1. The Morgan fingerprint density at radius 2 is 2.11 bits per heavy atom. The van der Waals surface area contributed by atoms with Crippen molar-refractivity contribution < 1.29 is 19.7 Å². The van der Waals surface area contributed by atoms with Crippen molar-refractivity contribution in [2.24, 2.45) is 0 Å². The Hall–Kier alpha value is -2.48. The predicted octanol–water partition coefficient (Wildman–Crippen LogP) is -0.189. The van der Waals surface area contributed by atoms with Crippen molar-refractivity contribution in [2.75, 3.05) is 6.61 Å². The van der Waals surface area contributed by atoms with Gasteiger partial charge in [0, 0.05) is 0 Å². The van der Waals surface area contributed by atoms with Gasteiger partial charge in [-0.25, -0.2) is 9.48 Å². The van der Waals surface area contributed by atoms with Crippen molar-refractivity contribution in [2.45, 2.75) is 12.6 Å². The van der Waals surface area contributed by atoms with Gasteiger partial charge in [-0.2, -0.15) is 0 Å². The lowest BCUT2D eigenvalue weighted by molar-refractivity contribution is 0.0696. The lowest BCUT2D eigenvalue weighted by Gasteiger charge is -2.11. The molecule has 0 aliphatic heterocycles. The van der Waals surface area contributed by atoms with Crippen LogP contribution in [-0.2, 0) is 6.54 Å². The van der Waals surface area contributed by atoms with Crippen LogP contribution in [-0.4, -0.2) is 49.1 Å². The molecule has 0 spiro atoms. The van der Waals surface area contributed by atoms with Crippen LogP contribution >= 0.6 is 0 Å². The quantitative estimate of drug-likeness (QED) is 0.744. The minimum Gasteiger partial charge on any atom is -0.491 e. The van der Waals surface area contributed by atoms with E-state index in [1.54, 1.807) is 0 Å². The highest BCUT2D eigenvalue weighted by Crippen LogP contribution is 2.12. The van der Waals surface area contributed by atoms with Gasteiger partial charge in [0.1, 0.15) is 24.8 Å². The first-order valence-corrected chi connectivity index (χ1v) is 5.50. The van der Waals surface area contributed by atoms with E-state index in [-0.39, 0.29) is 18.7 Å². The average Bonchev–Trinajstić information content (AvgIpc) is 2.89. The third-order valence-electron chi connectivity index (χ3n) is 2.33. The van der Waals surface area contributed by atoms with Crippen LogP contribution in [0.1, 0.15) is 10.4 Å². The molecule has 0 bridgehead atoms. The molecule has 0 unspecified atom stereocenters. The Labute approximate surface area is 108 Å². The van der Waals surface area contributed by atoms with Crippen molar-refractivity contribution in [3.8, 4) is 5.75 Å². The van der Waals surface area contributed by atoms with Crippen LogP contribution in [0.3, 0.4) is 0 Å². The molecule has 2 N–H and O–H groups in total. The van der Waals surface area contributed by atoms with Crippen LogP contribution < -0.4 is 4.74 Å². The molecule has 2 rings (SSSR count). The summed E-state index contributed by atoms with van der Waals surface area (Å²) < 4.78 is 6.72. The number of tetrazole rings is 1. The molecule has 0 fully saturated rings. The normalized spacial score (nSPS) is 12.1. The number of rotatable bonds is 6. The second-order valence-corrected chi connectivity index (χ2v) is 3.83. The fourth-order valence-electron chi connectivity index (χ4n) is 1.42. The molecule has 1 aromatic carbocycles. The molecule has 8 nitrogen and oxygen atoms in total. The number of benzene rings is 1. The maximum absolute atomic E-state index is 10.7. The van der Waals surface area contributed by atoms with Gasteiger partial charge in [0.05, 0.1) is 12.1 Å². The molecule has 8 heteroatoms. The third kappa shape index (κ3) is 3.75. The highest BCUT2D eigenvalue weighted by atomic mass is 16.5. The standard InChI is InChI=1S/C11H12N4O4/c16-9(5-15-7-12-13-14-15)6-19-10-3-1-8(2-4-10)11(17)18/h1-4,7,9,16H,5-6H2,(H,17,18)/t9-/m0/s1. The Kier molecular flexibility index (Phi) is 4.04. The fourth-order valence-corrected chi connectivity index (χ4v) is 1.42. The molecule has 0 amide bonds. The molecule has 100 valence electrons. The molecule has 0 radical (unpaired) electrons. The predicted molar refractivity (Wildman–Crippen MR) is 62.7 cm³/mol. The van der Waals surface area contributed by atoms with Crippen molar-refractivity contribution >= 4 is 5.97 Å². The summed E-state index contributed by atoms with van der Waals surface area (Å²) >= 11 is 0. The van der Waals surface area contributed by atoms with E-state index in [9.17, 15) is 9.90 Å². The van der Waals surface area contributed by atoms with E-state index in [1.807, 2.05) is 0 Å². The molecule has 0 aliphatic rings. The van der Waals surface area contributed by atoms with E-state index in [1.165, 1.54) is 35.3 Å². The Bertz CT molecular complexity index is 526. The summed E-state index contributed by atoms with van der Waals surface area (Å²) in [5.41, 5.74) is 0.182. The van der Waals surface area contributed by atoms with Gasteiger partial charge in [-0.3, -0.25) is 0 Å². The zero-order chi connectivity index (χ0) is 13.7. The summed E-state index contributed by atoms with van der Waals surface area (Å²) in [5, 5.41) is 28.9. The van der Waals surface area contributed by atoms with Crippen LogP contribution in [0.25, 0.3) is 0 Å². The number of carbonyl (C=O) groups is 1. The summed E-state index contributed by atoms with van der Waals surface area (Å²) in [6, 6.07) is 5.94. The van der Waals surface area contributed by atoms with E-state index in [4.69, 9.17) is 9.84 Å². The lowest BCUT2D eigenvalue weighted by atomic mass is 10.2. The summed E-state index contributed by atoms with van der Waals surface area (Å²) in [7, 11) is 0. The van der Waals surface area contributed by atoms with Gasteiger partial charge in [-0.05, 0) is 34.7 Å². The van der Waals surface area contributed by atoms with Gasteiger partial charge in [-0.1, -0.05) is 0 Å². The van der Waals surface area contributed by atoms with Crippen LogP contribution in [0.5, 0.6) is 5.75 Å². The highest BCUT2D eigenvalue weighted by molar-refractivity contribution is 5.87. The molecule has 2 aromatic rings. The number of aromatic nitrogens is 4. The number of hydrogen-bond donors (Lipinski definition) is 2. The second-order valence-electron chi connectivity index (χ2n) is 3.83. The second kappa shape index (κ2) is 5.91. The first kappa shape index (κ1) is 13.0. The van der Waals surface area contributed by atoms with E-state index in [2.05, 4.69) is 15.5 Å². The van der Waals surface area contributed by atoms with Gasteiger partial charge in [0.2, 0.25) is 0 Å². The summed E-state index contributed by atoms with van der Waals surface area (Å²) in [6.45, 7) is 0.284. The number of nitrogens with zero attached hydrogens (tertiary/aromatic N) is 4. The van der Waals surface area contributed by atoms with Crippen molar-refractivity contribution in [1.82, 2.24) is 20.2 Å². The zero-order valence-corrected chi connectivity index (χ0v) is 9.88. The largest absolute Gasteiger partial charge is 0.491 e. The minimum atomic E-state index is -0.995. The molecule has 0 aliphatic carbocycles. The Morgan fingerprint density at radius 3 is 2.68 bits per heavy atom. The van der Waals surface area contributed by atoms with Crippen LogP contribution in [0.4, 0.5) is 0 Å². The molecule has 0 saturated carbocycles. The third-order valence-corrected chi connectivity index (χ3v) is 2.33. The molecular formula is C11H12N4O4. The van der Waals surface area contributed by atoms with Gasteiger partial charge >= 0.3 is 5.97 Å². The topological polar surface area (TPSA) is 110 Å². The number of hydrogen-bond acceptors (Lipinski definition) is 6. The molecular weight excluding hydrogens is 252 g/mol. The molecule has 19 heavy (non-hydrogen) atoms. The van der Waals surface area contributed by atoms with Crippen LogP contribution in [0, 0.1) is 0 Å². The first-order chi connectivity index (χ1) is 9.15. The maximum atomic E-state index is 10.7. The number of carboxylic acids is 1. The summed E-state index contributed by atoms with van der Waals surface area (Å²) in [6.07, 6.45) is 0.632. The zero-order valence-electron chi connectivity index (χ0n) is 9.88. The lowest BCUT2D eigenvalue weighted by Crippen LogP contribution is -2.24. The Balaban J connectivity index is 1.83. The van der Waals surface area contributed by atoms with E-state index in [0.717, 1.165) is 0 Å². The highest BCUT2D eigenvalue weighted by Gasteiger charge is 2.08. The van der Waals surface area contributed by atoms with Crippen molar-refractivity contribution in [3.05, 3.63) is 36.2 Å². The number of aliphatic hydroxyl groups excluding tert-OH is 1. The molecule has 0 saturated heterocycles. The minimum absolute atomic E-state index is 0.0618. The van der Waals surface area contributed by atoms with Crippen LogP contribution in [0.2, 0.25) is 0 Å². The molecule has 1 atom stereocenters. The monoisotopic (exact) mass is 264 g/mol. The van der Waals surface area contributed by atoms with Crippen molar-refractivity contribution in [1.29, 1.82) is 0 Å². The number of aromatic carboxylic acids is 1. The number of carboxylic acid groups (broad SMARTS) is 1. The van der Waals surface area contributed by atoms with E-state index < -0.39 is 12.1 Å². The smallest absolute Gasteiger partial charge is 0.335 e. The van der Waals surface area contributed by atoms with Crippen molar-refractivity contribution in [3.63, 3.8) is 0 Å². The van der Waals surface area contributed by atoms with E-state index in [0.29, 0.717) is 5.75 Å². The summed E-state index contributed by atoms with van der Waals surface area (Å²) in [5.74, 6) is -0.508. The van der Waals surface area contributed by atoms with Gasteiger partial charge in [0.25, 0.3) is 0 Å². The van der Waals surface area contributed by atoms with Gasteiger partial charge in [-0.15, -0.1) is 5.10 Å². The average molecular weight is 264 g/mol. The van der Waals surface area contributed by atoms with Gasteiger partial charge < -0.3 is 14.9 Å². The summed E-state index contributed by atoms with van der Waals surface area (Å²) in [4.78, 5) is 10.7. The number of ether oxygens (including phenoxy) is 1. The molecule has 1 aromatic heterocycles. The maximum Gasteiger partial charge on any atom is 0.335 e. The van der Waals surface area contributed by atoms with Crippen LogP contribution in [0.15, 0.2) is 30.6 Å². The number of aliphatic hydroxyl groups is 1.